The molecule has 1 aliphatic heterocycles. The second kappa shape index (κ2) is 17.0. The van der Waals surface area contributed by atoms with E-state index in [4.69, 9.17) is 9.47 Å². The van der Waals surface area contributed by atoms with Crippen molar-refractivity contribution in [3.8, 4) is 16.2 Å². The highest BCUT2D eigenvalue weighted by Crippen LogP contribution is 2.40. The highest BCUT2D eigenvalue weighted by Gasteiger charge is 2.53. The minimum Gasteiger partial charge on any atom is -0.493 e. The number of thiazole rings is 1. The van der Waals surface area contributed by atoms with E-state index in [1.165, 1.54) is 16.2 Å². The van der Waals surface area contributed by atoms with Crippen LogP contribution >= 0.6 is 11.3 Å². The highest BCUT2D eigenvalue weighted by molar-refractivity contribution is 7.13. The van der Waals surface area contributed by atoms with Crippen LogP contribution in [0.2, 0.25) is 0 Å². The number of nitrogens with zero attached hydrogens (tertiary/aromatic N) is 5. The normalized spacial score (nSPS) is 18.4. The maximum atomic E-state index is 14.6. The molecule has 2 fully saturated rings. The Bertz CT molecular complexity index is 1850. The van der Waals surface area contributed by atoms with Crippen molar-refractivity contribution in [3.05, 3.63) is 46.9 Å². The molecule has 2 aliphatic rings. The summed E-state index contributed by atoms with van der Waals surface area (Å²) < 4.78 is 27.8. The molecule has 55 heavy (non-hydrogen) atoms. The molecule has 2 aromatic heterocycles. The fourth-order valence-corrected chi connectivity index (χ4v) is 6.95. The van der Waals surface area contributed by atoms with E-state index in [1.807, 2.05) is 52.1 Å². The summed E-state index contributed by atoms with van der Waals surface area (Å²) in [5.41, 5.74) is 1.64. The van der Waals surface area contributed by atoms with Crippen LogP contribution in [0.15, 0.2) is 29.9 Å². The number of amides is 4. The van der Waals surface area contributed by atoms with Gasteiger partial charge in [0, 0.05) is 50.8 Å². The molecule has 1 aliphatic carbocycles. The molecule has 5 rings (SSSR count). The number of carbonyl (C=O) groups is 4. The maximum Gasteiger partial charge on any atom is 0.407 e. The topological polar surface area (TPSA) is 190 Å². The molecule has 3 heterocycles. The second-order valence-corrected chi connectivity index (χ2v) is 17.1. The van der Waals surface area contributed by atoms with E-state index in [0.717, 1.165) is 21.8 Å². The molecule has 0 unspecified atom stereocenters. The van der Waals surface area contributed by atoms with Crippen LogP contribution in [0.3, 0.4) is 0 Å². The molecular formula is C38H53FN8O7S. The first-order chi connectivity index (χ1) is 25.8. The fraction of sp³-hybridized carbons (Fsp3) is 0.605. The summed E-state index contributed by atoms with van der Waals surface area (Å²) >= 11 is 1.51. The van der Waals surface area contributed by atoms with Crippen molar-refractivity contribution in [2.24, 2.45) is 5.41 Å². The monoisotopic (exact) mass is 784 g/mol. The van der Waals surface area contributed by atoms with Crippen molar-refractivity contribution in [3.63, 3.8) is 0 Å². The molecule has 3 atom stereocenters. The molecule has 4 amide bonds. The van der Waals surface area contributed by atoms with E-state index in [1.54, 1.807) is 31.0 Å². The third-order valence-corrected chi connectivity index (χ3v) is 10.3. The van der Waals surface area contributed by atoms with E-state index >= 15 is 0 Å². The molecule has 4 N–H and O–H groups in total. The summed E-state index contributed by atoms with van der Waals surface area (Å²) in [5.74, 6) is -1.31. The number of hydrogen-bond acceptors (Lipinski definition) is 11. The van der Waals surface area contributed by atoms with Crippen molar-refractivity contribution >= 4 is 35.2 Å². The number of hydrogen-bond donors (Lipinski definition) is 4. The average Bonchev–Trinajstić information content (AvgIpc) is 3.40. The van der Waals surface area contributed by atoms with Crippen LogP contribution in [-0.4, -0.2) is 103 Å². The molecule has 1 saturated carbocycles. The molecule has 17 heteroatoms. The number of likely N-dealkylation sites (tertiary alicyclic amines) is 1. The standard InChI is InChI=1S/C38H53FN8O7S/c1-23-30(55-22-42-23)24-9-10-25(29(17-24)53-16-11-26-20-46(45-44-26)15-8-14-40-35(52)54-37(5,6)7)19-41-32(49)28-18-27(48)21-47(28)33(50)31(36(2,3)4)43-34(51)38(39)12-13-38/h9-10,17,20,22,27-28,31,48H,8,11-16,18-19,21H2,1-7H3,(H,40,52)(H,41,49)(H,43,51)/t27-,28+,31-/m1/s1. The van der Waals surface area contributed by atoms with Gasteiger partial charge in [-0.05, 0) is 64.0 Å². The van der Waals surface area contributed by atoms with E-state index < -0.39 is 58.7 Å². The lowest BCUT2D eigenvalue weighted by atomic mass is 9.85. The van der Waals surface area contributed by atoms with Gasteiger partial charge in [0.25, 0.3) is 5.91 Å². The van der Waals surface area contributed by atoms with Gasteiger partial charge in [-0.3, -0.25) is 19.1 Å². The summed E-state index contributed by atoms with van der Waals surface area (Å²) in [7, 11) is 0. The van der Waals surface area contributed by atoms with E-state index in [0.29, 0.717) is 37.2 Å². The average molecular weight is 785 g/mol. The Morgan fingerprint density at radius 2 is 1.87 bits per heavy atom. The summed E-state index contributed by atoms with van der Waals surface area (Å²) in [6.07, 6.45) is 1.73. The van der Waals surface area contributed by atoms with Gasteiger partial charge < -0.3 is 35.4 Å². The number of nitrogens with one attached hydrogen (secondary N) is 3. The molecule has 1 saturated heterocycles. The predicted octanol–water partition coefficient (Wildman–Crippen LogP) is 3.86. The fourth-order valence-electron chi connectivity index (χ4n) is 6.15. The largest absolute Gasteiger partial charge is 0.493 e. The number of halogens is 1. The van der Waals surface area contributed by atoms with Gasteiger partial charge in [0.05, 0.1) is 34.5 Å². The number of aromatic nitrogens is 4. The first kappa shape index (κ1) is 41.5. The Morgan fingerprint density at radius 3 is 2.53 bits per heavy atom. The van der Waals surface area contributed by atoms with Crippen LogP contribution in [0.5, 0.6) is 5.75 Å². The van der Waals surface area contributed by atoms with Crippen LogP contribution in [0, 0.1) is 12.3 Å². The zero-order valence-corrected chi connectivity index (χ0v) is 33.4. The number of rotatable bonds is 15. The lowest BCUT2D eigenvalue weighted by Crippen LogP contribution is -2.59. The molecule has 300 valence electrons. The number of carbonyl (C=O) groups excluding carboxylic acids is 4. The Morgan fingerprint density at radius 1 is 1.13 bits per heavy atom. The Hall–Kier alpha value is -4.64. The third-order valence-electron chi connectivity index (χ3n) is 9.31. The molecule has 0 bridgehead atoms. The van der Waals surface area contributed by atoms with Gasteiger partial charge in [0.2, 0.25) is 11.8 Å². The van der Waals surface area contributed by atoms with Gasteiger partial charge in [-0.1, -0.05) is 38.1 Å². The quantitative estimate of drug-likeness (QED) is 0.165. The number of benzene rings is 1. The lowest BCUT2D eigenvalue weighted by molar-refractivity contribution is -0.145. The number of alkyl carbamates (subject to hydrolysis) is 1. The second-order valence-electron chi connectivity index (χ2n) is 16.3. The number of aryl methyl sites for hydroxylation is 2. The molecular weight excluding hydrogens is 732 g/mol. The minimum absolute atomic E-state index is 0.0172. The minimum atomic E-state index is -1.97. The molecule has 0 spiro atoms. The SMILES string of the molecule is Cc1ncsc1-c1ccc(CNC(=O)[C@@H]2C[C@@H](O)CN2C(=O)[C@@H](NC(=O)C2(F)CC2)C(C)(C)C)c(OCCc2cn(CCCNC(=O)OC(C)(C)C)nn2)c1. The summed E-state index contributed by atoms with van der Waals surface area (Å²) in [4.78, 5) is 58.7. The molecule has 15 nitrogen and oxygen atoms in total. The van der Waals surface area contributed by atoms with Gasteiger partial charge in [-0.25, -0.2) is 14.2 Å². The van der Waals surface area contributed by atoms with Crippen molar-refractivity contribution in [2.45, 2.75) is 123 Å². The van der Waals surface area contributed by atoms with Gasteiger partial charge in [-0.15, -0.1) is 16.4 Å². The molecule has 0 radical (unpaired) electrons. The zero-order chi connectivity index (χ0) is 40.1. The highest BCUT2D eigenvalue weighted by atomic mass is 32.1. The number of aliphatic hydroxyl groups is 1. The van der Waals surface area contributed by atoms with Gasteiger partial charge in [0.1, 0.15) is 23.4 Å². The van der Waals surface area contributed by atoms with Gasteiger partial charge >= 0.3 is 6.09 Å². The third kappa shape index (κ3) is 11.2. The van der Waals surface area contributed by atoms with E-state index in [9.17, 15) is 28.7 Å². The Labute approximate surface area is 324 Å². The van der Waals surface area contributed by atoms with Crippen LogP contribution in [-0.2, 0) is 38.6 Å². The number of alkyl halides is 1. The first-order valence-corrected chi connectivity index (χ1v) is 19.5. The maximum absolute atomic E-state index is 14.6. The van der Waals surface area contributed by atoms with Crippen LogP contribution < -0.4 is 20.7 Å². The number of aliphatic hydroxyl groups excluding tert-OH is 1. The summed E-state index contributed by atoms with van der Waals surface area (Å²) in [5, 5.41) is 27.2. The van der Waals surface area contributed by atoms with Crippen molar-refractivity contribution in [1.29, 1.82) is 0 Å². The van der Waals surface area contributed by atoms with Crippen molar-refractivity contribution in [2.75, 3.05) is 19.7 Å². The molecule has 3 aromatic rings. The Balaban J connectivity index is 1.21. The van der Waals surface area contributed by atoms with Gasteiger partial charge in [0.15, 0.2) is 5.67 Å². The Kier molecular flexibility index (Phi) is 12.8. The van der Waals surface area contributed by atoms with Gasteiger partial charge in [-0.2, -0.15) is 0 Å². The first-order valence-electron chi connectivity index (χ1n) is 18.6. The van der Waals surface area contributed by atoms with Crippen molar-refractivity contribution < 1.29 is 38.1 Å². The number of β-amino-alcohol motifs (C(OH)–C–C–N with tert-alkyl or cyclic N) is 1. The predicted molar refractivity (Wildman–Crippen MR) is 203 cm³/mol. The summed E-state index contributed by atoms with van der Waals surface area (Å²) in [6, 6.07) is 3.61. The van der Waals surface area contributed by atoms with E-state index in [2.05, 4.69) is 31.2 Å². The van der Waals surface area contributed by atoms with Crippen LogP contribution in [0.4, 0.5) is 9.18 Å². The van der Waals surface area contributed by atoms with Crippen molar-refractivity contribution in [1.82, 2.24) is 40.8 Å². The lowest BCUT2D eigenvalue weighted by Gasteiger charge is -2.35. The zero-order valence-electron chi connectivity index (χ0n) is 32.6. The van der Waals surface area contributed by atoms with E-state index in [-0.39, 0.29) is 39.0 Å². The smallest absolute Gasteiger partial charge is 0.407 e. The van der Waals surface area contributed by atoms with Crippen LogP contribution in [0.25, 0.3) is 10.4 Å². The summed E-state index contributed by atoms with van der Waals surface area (Å²) in [6.45, 7) is 13.8. The van der Waals surface area contributed by atoms with Crippen LogP contribution in [0.1, 0.15) is 84.2 Å². The molecule has 1 aromatic carbocycles. The number of ether oxygens (including phenoxy) is 2.